The summed E-state index contributed by atoms with van der Waals surface area (Å²) in [4.78, 5) is 25.9. The molecule has 138 valence electrons. The Morgan fingerprint density at radius 3 is 2.40 bits per heavy atom. The molecule has 1 aliphatic rings. The first kappa shape index (κ1) is 19.1. The molecule has 25 heavy (non-hydrogen) atoms. The van der Waals surface area contributed by atoms with Crippen LogP contribution < -0.4 is 14.9 Å². The van der Waals surface area contributed by atoms with Gasteiger partial charge in [0.15, 0.2) is 0 Å². The Morgan fingerprint density at radius 1 is 1.24 bits per heavy atom. The van der Waals surface area contributed by atoms with Gasteiger partial charge in [0.2, 0.25) is 15.9 Å². The lowest BCUT2D eigenvalue weighted by Gasteiger charge is -2.35. The van der Waals surface area contributed by atoms with Gasteiger partial charge >= 0.3 is 0 Å². The van der Waals surface area contributed by atoms with Crippen molar-refractivity contribution in [3.05, 3.63) is 28.3 Å². The molecule has 1 heterocycles. The fourth-order valence-corrected chi connectivity index (χ4v) is 3.38. The van der Waals surface area contributed by atoms with Crippen LogP contribution in [0.5, 0.6) is 0 Å². The topological polar surface area (TPSA) is 125 Å². The molecule has 0 aliphatic carbocycles. The highest BCUT2D eigenvalue weighted by Gasteiger charge is 2.26. The van der Waals surface area contributed by atoms with Crippen LogP contribution in [-0.2, 0) is 14.8 Å². The normalized spacial score (nSPS) is 15.8. The second-order valence-corrected chi connectivity index (χ2v) is 7.44. The Kier molecular flexibility index (Phi) is 5.93. The minimum atomic E-state index is -3.75. The predicted octanol–water partition coefficient (Wildman–Crippen LogP) is -0.629. The Hall–Kier alpha value is -2.24. The highest BCUT2D eigenvalue weighted by atomic mass is 32.2. The van der Waals surface area contributed by atoms with Gasteiger partial charge in [-0.1, -0.05) is 0 Å². The summed E-state index contributed by atoms with van der Waals surface area (Å²) in [5, 5.41) is 13.9. The summed E-state index contributed by atoms with van der Waals surface area (Å²) in [7, 11) is -0.930. The maximum atomic E-state index is 11.8. The van der Waals surface area contributed by atoms with Crippen LogP contribution in [0, 0.1) is 10.1 Å². The van der Waals surface area contributed by atoms with Crippen molar-refractivity contribution in [1.29, 1.82) is 0 Å². The van der Waals surface area contributed by atoms with Crippen molar-refractivity contribution in [2.75, 3.05) is 51.7 Å². The van der Waals surface area contributed by atoms with Crippen molar-refractivity contribution >= 4 is 27.3 Å². The Balaban J connectivity index is 2.20. The third-order valence-electron chi connectivity index (χ3n) is 4.08. The van der Waals surface area contributed by atoms with E-state index in [1.165, 1.54) is 19.2 Å². The lowest BCUT2D eigenvalue weighted by molar-refractivity contribution is -0.384. The fourth-order valence-electron chi connectivity index (χ4n) is 2.63. The summed E-state index contributed by atoms with van der Waals surface area (Å²) in [5.41, 5.74) is 0.121. The number of likely N-dealkylation sites (N-methyl/N-ethyl adjacent to an activating group) is 1. The van der Waals surface area contributed by atoms with Crippen LogP contribution in [0.1, 0.15) is 0 Å². The second kappa shape index (κ2) is 7.76. The van der Waals surface area contributed by atoms with Gasteiger partial charge in [-0.3, -0.25) is 19.8 Å². The number of carbonyl (C=O) groups is 1. The van der Waals surface area contributed by atoms with Gasteiger partial charge in [0, 0.05) is 39.3 Å². The van der Waals surface area contributed by atoms with Crippen LogP contribution in [-0.4, -0.2) is 71.0 Å². The number of rotatable bonds is 6. The number of piperazine rings is 1. The number of amides is 1. The van der Waals surface area contributed by atoms with Crippen molar-refractivity contribution in [1.82, 2.24) is 14.9 Å². The zero-order valence-electron chi connectivity index (χ0n) is 14.1. The van der Waals surface area contributed by atoms with Crippen molar-refractivity contribution in [2.45, 2.75) is 4.90 Å². The van der Waals surface area contributed by atoms with Crippen molar-refractivity contribution in [3.63, 3.8) is 0 Å². The van der Waals surface area contributed by atoms with E-state index in [2.05, 4.69) is 10.0 Å². The molecule has 2 N–H and O–H groups in total. The van der Waals surface area contributed by atoms with E-state index in [1.54, 1.807) is 7.05 Å². The molecule has 0 unspecified atom stereocenters. The molecule has 0 spiro atoms. The highest BCUT2D eigenvalue weighted by Crippen LogP contribution is 2.31. The first-order valence-electron chi connectivity index (χ1n) is 7.68. The van der Waals surface area contributed by atoms with E-state index in [0.29, 0.717) is 31.9 Å². The number of nitro benzene ring substituents is 1. The number of nitro groups is 1. The molecule has 0 radical (unpaired) electrons. The van der Waals surface area contributed by atoms with Crippen LogP contribution in [0.2, 0.25) is 0 Å². The Labute approximate surface area is 146 Å². The molecule has 1 aromatic carbocycles. The lowest BCUT2D eigenvalue weighted by Crippen LogP contribution is -2.49. The average Bonchev–Trinajstić information content (AvgIpc) is 2.61. The van der Waals surface area contributed by atoms with Crippen molar-refractivity contribution in [3.8, 4) is 0 Å². The number of benzene rings is 1. The molecule has 0 saturated carbocycles. The van der Waals surface area contributed by atoms with Crippen LogP contribution in [0.15, 0.2) is 23.1 Å². The number of anilines is 1. The summed E-state index contributed by atoms with van der Waals surface area (Å²) < 4.78 is 25.8. The maximum absolute atomic E-state index is 11.8. The second-order valence-electron chi connectivity index (χ2n) is 5.55. The van der Waals surface area contributed by atoms with Gasteiger partial charge in [-0.05, 0) is 19.2 Å². The van der Waals surface area contributed by atoms with Gasteiger partial charge in [0.1, 0.15) is 5.69 Å². The average molecular weight is 371 g/mol. The summed E-state index contributed by atoms with van der Waals surface area (Å²) in [6.07, 6.45) is 0. The first-order valence-corrected chi connectivity index (χ1v) is 9.16. The fraction of sp³-hybridized carbons (Fsp3) is 0.500. The first-order chi connectivity index (χ1) is 11.8. The van der Waals surface area contributed by atoms with Crippen LogP contribution in [0.25, 0.3) is 0 Å². The molecular weight excluding hydrogens is 350 g/mol. The number of hydrogen-bond donors (Lipinski definition) is 2. The summed E-state index contributed by atoms with van der Waals surface area (Å²) in [6, 6.07) is 3.87. The number of sulfonamides is 1. The van der Waals surface area contributed by atoms with Crippen LogP contribution in [0.4, 0.5) is 11.4 Å². The third kappa shape index (κ3) is 4.44. The van der Waals surface area contributed by atoms with Gasteiger partial charge in [-0.2, -0.15) is 0 Å². The minimum Gasteiger partial charge on any atom is -0.363 e. The number of nitrogens with one attached hydrogen (secondary N) is 2. The predicted molar refractivity (Wildman–Crippen MR) is 92.1 cm³/mol. The number of nitrogens with zero attached hydrogens (tertiary/aromatic N) is 3. The molecule has 1 aliphatic heterocycles. The van der Waals surface area contributed by atoms with E-state index in [4.69, 9.17) is 0 Å². The zero-order valence-corrected chi connectivity index (χ0v) is 14.9. The Bertz CT molecular complexity index is 759. The van der Waals surface area contributed by atoms with Gasteiger partial charge in [0.25, 0.3) is 5.69 Å². The third-order valence-corrected chi connectivity index (χ3v) is 5.49. The van der Waals surface area contributed by atoms with E-state index in [-0.39, 0.29) is 23.0 Å². The molecular formula is C14H21N5O5S. The lowest BCUT2D eigenvalue weighted by atomic mass is 10.2. The SMILES string of the molecule is CNC(=O)CN1CCN(c2ccc(S(=O)(=O)NC)cc2[N+](=O)[O-])CC1. The highest BCUT2D eigenvalue weighted by molar-refractivity contribution is 7.89. The minimum absolute atomic E-state index is 0.0824. The van der Waals surface area contributed by atoms with Crippen LogP contribution in [0.3, 0.4) is 0 Å². The van der Waals surface area contributed by atoms with Gasteiger partial charge in [-0.25, -0.2) is 13.1 Å². The van der Waals surface area contributed by atoms with Crippen LogP contribution >= 0.6 is 0 Å². The van der Waals surface area contributed by atoms with E-state index in [1.807, 2.05) is 9.80 Å². The monoisotopic (exact) mass is 371 g/mol. The molecule has 11 heteroatoms. The zero-order chi connectivity index (χ0) is 18.6. The molecule has 2 rings (SSSR count). The molecule has 0 bridgehead atoms. The summed E-state index contributed by atoms with van der Waals surface area (Å²) in [6.45, 7) is 2.47. The van der Waals surface area contributed by atoms with E-state index in [0.717, 1.165) is 6.07 Å². The largest absolute Gasteiger partial charge is 0.363 e. The van der Waals surface area contributed by atoms with Gasteiger partial charge < -0.3 is 10.2 Å². The van der Waals surface area contributed by atoms with Gasteiger partial charge in [0.05, 0.1) is 16.4 Å². The molecule has 0 aromatic heterocycles. The molecule has 0 atom stereocenters. The Morgan fingerprint density at radius 2 is 1.88 bits per heavy atom. The van der Waals surface area contributed by atoms with E-state index < -0.39 is 14.9 Å². The van der Waals surface area contributed by atoms with E-state index >= 15 is 0 Å². The standard InChI is InChI=1S/C14H21N5O5S/c1-15-14(20)10-17-5-7-18(8-6-17)12-4-3-11(25(23,24)16-2)9-13(12)19(21)22/h3-4,9,16H,5-8,10H2,1-2H3,(H,15,20). The number of carbonyl (C=O) groups excluding carboxylic acids is 1. The summed E-state index contributed by atoms with van der Waals surface area (Å²) in [5.74, 6) is -0.0824. The maximum Gasteiger partial charge on any atom is 0.293 e. The van der Waals surface area contributed by atoms with E-state index in [9.17, 15) is 23.3 Å². The van der Waals surface area contributed by atoms with Crippen molar-refractivity contribution in [2.24, 2.45) is 0 Å². The quantitative estimate of drug-likeness (QED) is 0.504. The van der Waals surface area contributed by atoms with Crippen molar-refractivity contribution < 1.29 is 18.1 Å². The van der Waals surface area contributed by atoms with Gasteiger partial charge in [-0.15, -0.1) is 0 Å². The summed E-state index contributed by atoms with van der Waals surface area (Å²) >= 11 is 0. The number of hydrogen-bond acceptors (Lipinski definition) is 7. The molecule has 1 aromatic rings. The molecule has 1 saturated heterocycles. The molecule has 1 fully saturated rings. The smallest absolute Gasteiger partial charge is 0.293 e. The molecule has 10 nitrogen and oxygen atoms in total. The molecule has 1 amide bonds.